The van der Waals surface area contributed by atoms with Crippen molar-refractivity contribution in [2.45, 2.75) is 12.8 Å². The number of nitrogens with two attached hydrogens (primary N) is 1. The first-order chi connectivity index (χ1) is 7.02. The van der Waals surface area contributed by atoms with E-state index in [1.807, 2.05) is 6.92 Å². The highest BCUT2D eigenvalue weighted by molar-refractivity contribution is 6.32. The lowest BCUT2D eigenvalue weighted by molar-refractivity contribution is 0.358. The number of methoxy groups -OCH3 is 1. The van der Waals surface area contributed by atoms with E-state index in [0.29, 0.717) is 12.1 Å². The molecule has 1 aromatic rings. The van der Waals surface area contributed by atoms with Crippen molar-refractivity contribution in [3.63, 3.8) is 0 Å². The van der Waals surface area contributed by atoms with Gasteiger partial charge in [-0.25, -0.2) is 0 Å². The molecular weight excluding hydrogens is 221 g/mol. The number of benzene rings is 1. The number of aromatic hydroxyl groups is 1. The Labute approximate surface area is 92.6 Å². The van der Waals surface area contributed by atoms with E-state index in [4.69, 9.17) is 22.1 Å². The summed E-state index contributed by atoms with van der Waals surface area (Å²) in [7, 11) is 1.33. The third-order valence-corrected chi connectivity index (χ3v) is 2.55. The number of phenols is 1. The van der Waals surface area contributed by atoms with Gasteiger partial charge in [0.15, 0.2) is 11.5 Å². The van der Waals surface area contributed by atoms with Crippen LogP contribution < -0.4 is 10.5 Å². The highest BCUT2D eigenvalue weighted by Gasteiger charge is 2.20. The largest absolute Gasteiger partial charge is 0.504 e. The fraction of sp³-hybridized carbons (Fsp3) is 0.400. The molecule has 0 aliphatic heterocycles. The monoisotopic (exact) mass is 233 g/mol. The first-order valence-corrected chi connectivity index (χ1v) is 4.85. The minimum absolute atomic E-state index is 0.00477. The molecule has 1 aromatic carbocycles. The lowest BCUT2D eigenvalue weighted by Crippen LogP contribution is -2.11. The molecule has 0 spiro atoms. The Kier molecular flexibility index (Phi) is 3.77. The van der Waals surface area contributed by atoms with Gasteiger partial charge < -0.3 is 15.6 Å². The number of hydrogen-bond donors (Lipinski definition) is 2. The molecule has 0 amide bonds. The quantitative estimate of drug-likeness (QED) is 0.842. The highest BCUT2D eigenvalue weighted by atomic mass is 35.5. The number of halogens is 2. The van der Waals surface area contributed by atoms with Gasteiger partial charge in [0.1, 0.15) is 0 Å². The van der Waals surface area contributed by atoms with Crippen LogP contribution in [0.1, 0.15) is 18.4 Å². The lowest BCUT2D eigenvalue weighted by Gasteiger charge is -2.15. The zero-order valence-electron chi connectivity index (χ0n) is 8.55. The van der Waals surface area contributed by atoms with Crippen LogP contribution in [-0.2, 0) is 0 Å². The van der Waals surface area contributed by atoms with Crippen molar-refractivity contribution >= 4 is 11.6 Å². The van der Waals surface area contributed by atoms with Gasteiger partial charge >= 0.3 is 0 Å². The molecule has 5 heteroatoms. The Morgan fingerprint density at radius 1 is 1.67 bits per heavy atom. The fourth-order valence-electron chi connectivity index (χ4n) is 1.31. The van der Waals surface area contributed by atoms with Gasteiger partial charge in [-0.3, -0.25) is 0 Å². The minimum atomic E-state index is -0.847. The summed E-state index contributed by atoms with van der Waals surface area (Å²) in [6.45, 7) is 2.17. The van der Waals surface area contributed by atoms with E-state index in [-0.39, 0.29) is 16.7 Å². The Morgan fingerprint density at radius 3 is 2.73 bits per heavy atom. The van der Waals surface area contributed by atoms with Gasteiger partial charge in [0.05, 0.1) is 12.1 Å². The standard InChI is InChI=1S/C10H13ClFNO2/c1-5(4-13)6-3-7(11)9(14)8(12)10(6)15-2/h3,5,14H,4,13H2,1-2H3. The van der Waals surface area contributed by atoms with Gasteiger partial charge in [-0.05, 0) is 18.5 Å². The molecule has 0 aliphatic carbocycles. The summed E-state index contributed by atoms with van der Waals surface area (Å²) in [5, 5.41) is 9.24. The van der Waals surface area contributed by atoms with Crippen molar-refractivity contribution in [3.8, 4) is 11.5 Å². The minimum Gasteiger partial charge on any atom is -0.504 e. The summed E-state index contributed by atoms with van der Waals surface area (Å²) in [5.74, 6) is -1.54. The van der Waals surface area contributed by atoms with E-state index in [1.54, 1.807) is 0 Å². The molecule has 0 radical (unpaired) electrons. The second-order valence-electron chi connectivity index (χ2n) is 3.28. The summed E-state index contributed by atoms with van der Waals surface area (Å²) in [5.41, 5.74) is 6.04. The third-order valence-electron chi connectivity index (χ3n) is 2.27. The number of rotatable bonds is 3. The van der Waals surface area contributed by atoms with Gasteiger partial charge in [0.25, 0.3) is 0 Å². The lowest BCUT2D eigenvalue weighted by atomic mass is 10.00. The SMILES string of the molecule is COc1c(C(C)CN)cc(Cl)c(O)c1F. The molecule has 15 heavy (non-hydrogen) atoms. The highest BCUT2D eigenvalue weighted by Crippen LogP contribution is 2.38. The molecule has 84 valence electrons. The van der Waals surface area contributed by atoms with Crippen molar-refractivity contribution in [2.75, 3.05) is 13.7 Å². The van der Waals surface area contributed by atoms with E-state index in [0.717, 1.165) is 0 Å². The van der Waals surface area contributed by atoms with Crippen molar-refractivity contribution in [3.05, 3.63) is 22.5 Å². The molecule has 0 fully saturated rings. The van der Waals surface area contributed by atoms with Gasteiger partial charge in [-0.1, -0.05) is 18.5 Å². The number of hydrogen-bond acceptors (Lipinski definition) is 3. The maximum Gasteiger partial charge on any atom is 0.208 e. The normalized spacial score (nSPS) is 12.6. The van der Waals surface area contributed by atoms with E-state index < -0.39 is 11.6 Å². The molecule has 3 nitrogen and oxygen atoms in total. The van der Waals surface area contributed by atoms with Gasteiger partial charge in [0, 0.05) is 5.56 Å². The van der Waals surface area contributed by atoms with E-state index in [2.05, 4.69) is 0 Å². The second-order valence-corrected chi connectivity index (χ2v) is 3.69. The maximum absolute atomic E-state index is 13.5. The topological polar surface area (TPSA) is 55.5 Å². The molecule has 3 N–H and O–H groups in total. The average Bonchev–Trinajstić information content (AvgIpc) is 2.24. The van der Waals surface area contributed by atoms with Crippen LogP contribution >= 0.6 is 11.6 Å². The van der Waals surface area contributed by atoms with E-state index >= 15 is 0 Å². The van der Waals surface area contributed by atoms with Crippen LogP contribution in [0.2, 0.25) is 5.02 Å². The number of phenolic OH excluding ortho intramolecular Hbond substituents is 1. The molecule has 0 bridgehead atoms. The van der Waals surface area contributed by atoms with Crippen LogP contribution in [0.3, 0.4) is 0 Å². The Hall–Kier alpha value is -1.00. The van der Waals surface area contributed by atoms with Gasteiger partial charge in [-0.2, -0.15) is 4.39 Å². The van der Waals surface area contributed by atoms with Crippen LogP contribution in [-0.4, -0.2) is 18.8 Å². The van der Waals surface area contributed by atoms with Crippen molar-refractivity contribution in [2.24, 2.45) is 5.73 Å². The molecule has 1 atom stereocenters. The zero-order valence-corrected chi connectivity index (χ0v) is 9.31. The smallest absolute Gasteiger partial charge is 0.208 e. The average molecular weight is 234 g/mol. The van der Waals surface area contributed by atoms with Crippen LogP contribution in [0.25, 0.3) is 0 Å². The first kappa shape index (κ1) is 12.1. The third kappa shape index (κ3) is 2.16. The molecule has 0 aliphatic rings. The van der Waals surface area contributed by atoms with Crippen LogP contribution in [0, 0.1) is 5.82 Å². The van der Waals surface area contributed by atoms with E-state index in [1.165, 1.54) is 13.2 Å². The molecule has 0 saturated carbocycles. The second kappa shape index (κ2) is 4.68. The Balaban J connectivity index is 3.38. The predicted octanol–water partition coefficient (Wildman–Crippen LogP) is 2.26. The van der Waals surface area contributed by atoms with Crippen molar-refractivity contribution in [1.82, 2.24) is 0 Å². The number of ether oxygens (including phenoxy) is 1. The van der Waals surface area contributed by atoms with Crippen LogP contribution in [0.5, 0.6) is 11.5 Å². The summed E-state index contributed by atoms with van der Waals surface area (Å²) in [6.07, 6.45) is 0. The van der Waals surface area contributed by atoms with Gasteiger partial charge in [0.2, 0.25) is 5.82 Å². The molecule has 0 aromatic heterocycles. The summed E-state index contributed by atoms with van der Waals surface area (Å²) in [6, 6.07) is 1.47. The Bertz CT molecular complexity index is 371. The summed E-state index contributed by atoms with van der Waals surface area (Å²) in [4.78, 5) is 0. The van der Waals surface area contributed by atoms with Crippen LogP contribution in [0.4, 0.5) is 4.39 Å². The summed E-state index contributed by atoms with van der Waals surface area (Å²) >= 11 is 5.66. The van der Waals surface area contributed by atoms with Crippen LogP contribution in [0.15, 0.2) is 6.07 Å². The Morgan fingerprint density at radius 2 is 2.27 bits per heavy atom. The maximum atomic E-state index is 13.5. The fourth-order valence-corrected chi connectivity index (χ4v) is 1.51. The zero-order chi connectivity index (χ0) is 11.6. The summed E-state index contributed by atoms with van der Waals surface area (Å²) < 4.78 is 18.4. The predicted molar refractivity (Wildman–Crippen MR) is 57.1 cm³/mol. The van der Waals surface area contributed by atoms with E-state index in [9.17, 15) is 9.50 Å². The first-order valence-electron chi connectivity index (χ1n) is 4.47. The van der Waals surface area contributed by atoms with Crippen molar-refractivity contribution in [1.29, 1.82) is 0 Å². The van der Waals surface area contributed by atoms with Crippen molar-refractivity contribution < 1.29 is 14.2 Å². The molecule has 0 heterocycles. The molecule has 1 unspecified atom stereocenters. The molecule has 1 rings (SSSR count). The van der Waals surface area contributed by atoms with Gasteiger partial charge in [-0.15, -0.1) is 0 Å². The molecule has 0 saturated heterocycles. The molecular formula is C10H13ClFNO2.